The van der Waals surface area contributed by atoms with Crippen LogP contribution in [-0.2, 0) is 11.2 Å². The van der Waals surface area contributed by atoms with E-state index in [-0.39, 0.29) is 0 Å². The second-order valence-electron chi connectivity index (χ2n) is 8.29. The molecule has 1 saturated heterocycles. The molecule has 0 spiro atoms. The molecule has 0 atom stereocenters. The number of unbranched alkanes of at least 4 members (excludes halogenated alkanes) is 2. The molecule has 0 bridgehead atoms. The van der Waals surface area contributed by atoms with Crippen LogP contribution in [0.15, 0.2) is 33.8 Å². The molecule has 8 heteroatoms. The number of hydrogen-bond donors (Lipinski definition) is 1. The number of guanidine groups is 1. The number of hydrogen-bond acceptors (Lipinski definition) is 6. The highest BCUT2D eigenvalue weighted by Gasteiger charge is 2.15. The number of aryl methyl sites for hydroxylation is 1. The van der Waals surface area contributed by atoms with Gasteiger partial charge in [0.05, 0.1) is 7.11 Å². The van der Waals surface area contributed by atoms with Gasteiger partial charge in [-0.1, -0.05) is 11.6 Å². The van der Waals surface area contributed by atoms with Crippen LogP contribution in [0.25, 0.3) is 11.4 Å². The van der Waals surface area contributed by atoms with Crippen LogP contribution < -0.4 is 10.1 Å². The van der Waals surface area contributed by atoms with Gasteiger partial charge in [-0.05, 0) is 62.3 Å². The Kier molecular flexibility index (Phi) is 9.81. The molecular formula is C24H37N5O3. The molecule has 1 N–H and O–H groups in total. The molecule has 8 nitrogen and oxygen atoms in total. The van der Waals surface area contributed by atoms with Crippen molar-refractivity contribution in [2.45, 2.75) is 44.9 Å². The van der Waals surface area contributed by atoms with Crippen molar-refractivity contribution < 1.29 is 14.0 Å². The lowest BCUT2D eigenvalue weighted by atomic mass is 9.96. The standard InChI is InChI=1S/C24H37N5O3/c1-25-24(29(2)16-12-19-13-17-31-18-14-19)26-15-6-4-5-7-22-27-23(28-32-22)20-8-10-21(30-3)11-9-20/h8-11,19H,4-7,12-18H2,1-3H3,(H,25,26). The summed E-state index contributed by atoms with van der Waals surface area (Å²) in [6.45, 7) is 3.76. The number of methoxy groups -OCH3 is 1. The summed E-state index contributed by atoms with van der Waals surface area (Å²) < 4.78 is 16.0. The average Bonchev–Trinajstić information content (AvgIpc) is 3.32. The normalized spacial score (nSPS) is 15.0. The summed E-state index contributed by atoms with van der Waals surface area (Å²) in [6, 6.07) is 7.67. The molecule has 0 radical (unpaired) electrons. The van der Waals surface area contributed by atoms with Crippen molar-refractivity contribution in [3.63, 3.8) is 0 Å². The summed E-state index contributed by atoms with van der Waals surface area (Å²) in [4.78, 5) is 11.2. The molecule has 32 heavy (non-hydrogen) atoms. The molecule has 1 aliphatic heterocycles. The summed E-state index contributed by atoms with van der Waals surface area (Å²) >= 11 is 0. The highest BCUT2D eigenvalue weighted by Crippen LogP contribution is 2.20. The summed E-state index contributed by atoms with van der Waals surface area (Å²) in [6.07, 6.45) is 7.54. The maximum absolute atomic E-state index is 5.45. The number of benzene rings is 1. The van der Waals surface area contributed by atoms with Crippen molar-refractivity contribution in [1.29, 1.82) is 0 Å². The predicted molar refractivity (Wildman–Crippen MR) is 126 cm³/mol. The molecule has 1 fully saturated rings. The topological polar surface area (TPSA) is 85.0 Å². The van der Waals surface area contributed by atoms with E-state index < -0.39 is 0 Å². The van der Waals surface area contributed by atoms with E-state index in [0.717, 1.165) is 75.2 Å². The first-order valence-corrected chi connectivity index (χ1v) is 11.7. The van der Waals surface area contributed by atoms with Gasteiger partial charge in [-0.15, -0.1) is 0 Å². The van der Waals surface area contributed by atoms with Gasteiger partial charge in [-0.25, -0.2) is 0 Å². The molecule has 0 unspecified atom stereocenters. The van der Waals surface area contributed by atoms with E-state index in [1.54, 1.807) is 7.11 Å². The molecule has 0 aliphatic carbocycles. The van der Waals surface area contributed by atoms with E-state index in [1.807, 2.05) is 31.3 Å². The number of aromatic nitrogens is 2. The minimum atomic E-state index is 0.622. The molecule has 176 valence electrons. The Hall–Kier alpha value is -2.61. The van der Waals surface area contributed by atoms with Gasteiger partial charge in [0.15, 0.2) is 5.96 Å². The van der Waals surface area contributed by atoms with E-state index in [1.165, 1.54) is 19.3 Å². The van der Waals surface area contributed by atoms with E-state index in [0.29, 0.717) is 11.7 Å². The smallest absolute Gasteiger partial charge is 0.226 e. The van der Waals surface area contributed by atoms with Gasteiger partial charge < -0.3 is 24.2 Å². The number of nitrogens with zero attached hydrogens (tertiary/aromatic N) is 4. The third kappa shape index (κ3) is 7.51. The van der Waals surface area contributed by atoms with Gasteiger partial charge in [-0.3, -0.25) is 4.99 Å². The fourth-order valence-electron chi connectivity index (χ4n) is 3.89. The third-order valence-corrected chi connectivity index (χ3v) is 5.95. The highest BCUT2D eigenvalue weighted by molar-refractivity contribution is 5.79. The second-order valence-corrected chi connectivity index (χ2v) is 8.29. The zero-order chi connectivity index (χ0) is 22.6. The minimum Gasteiger partial charge on any atom is -0.497 e. The summed E-state index contributed by atoms with van der Waals surface area (Å²) in [5.41, 5.74) is 0.928. The molecule has 0 amide bonds. The Morgan fingerprint density at radius 3 is 2.69 bits per heavy atom. The van der Waals surface area contributed by atoms with Crippen LogP contribution in [-0.4, -0.2) is 68.5 Å². The van der Waals surface area contributed by atoms with Gasteiger partial charge in [0, 0.05) is 52.4 Å². The Labute approximate surface area is 191 Å². The van der Waals surface area contributed by atoms with Crippen LogP contribution in [0.3, 0.4) is 0 Å². The first-order valence-electron chi connectivity index (χ1n) is 11.7. The lowest BCUT2D eigenvalue weighted by Crippen LogP contribution is -2.40. The van der Waals surface area contributed by atoms with E-state index in [9.17, 15) is 0 Å². The van der Waals surface area contributed by atoms with Crippen LogP contribution in [0.4, 0.5) is 0 Å². The van der Waals surface area contributed by atoms with E-state index in [2.05, 4.69) is 32.4 Å². The van der Waals surface area contributed by atoms with Crippen molar-refractivity contribution in [2.75, 3.05) is 47.5 Å². The largest absolute Gasteiger partial charge is 0.497 e. The fraction of sp³-hybridized carbons (Fsp3) is 0.625. The molecule has 3 rings (SSSR count). The second kappa shape index (κ2) is 13.1. The van der Waals surface area contributed by atoms with Crippen molar-refractivity contribution in [3.8, 4) is 17.1 Å². The van der Waals surface area contributed by atoms with Crippen molar-refractivity contribution in [3.05, 3.63) is 30.2 Å². The Balaban J connectivity index is 1.29. The fourth-order valence-corrected chi connectivity index (χ4v) is 3.89. The molecule has 1 aromatic carbocycles. The molecule has 0 saturated carbocycles. The zero-order valence-electron chi connectivity index (χ0n) is 19.7. The first-order chi connectivity index (χ1) is 15.7. The van der Waals surface area contributed by atoms with Crippen molar-refractivity contribution in [2.24, 2.45) is 10.9 Å². The molecule has 2 aromatic rings. The van der Waals surface area contributed by atoms with Crippen LogP contribution in [0.2, 0.25) is 0 Å². The van der Waals surface area contributed by atoms with Gasteiger partial charge in [0.2, 0.25) is 11.7 Å². The van der Waals surface area contributed by atoms with Crippen LogP contribution >= 0.6 is 0 Å². The van der Waals surface area contributed by atoms with E-state index >= 15 is 0 Å². The van der Waals surface area contributed by atoms with Crippen LogP contribution in [0.1, 0.15) is 44.4 Å². The first kappa shape index (κ1) is 24.0. The number of rotatable bonds is 11. The predicted octanol–water partition coefficient (Wildman–Crippen LogP) is 3.78. The molecule has 1 aromatic heterocycles. The van der Waals surface area contributed by atoms with Crippen molar-refractivity contribution in [1.82, 2.24) is 20.4 Å². The van der Waals surface area contributed by atoms with Gasteiger partial charge >= 0.3 is 0 Å². The number of nitrogens with one attached hydrogen (secondary N) is 1. The minimum absolute atomic E-state index is 0.622. The average molecular weight is 444 g/mol. The SMILES string of the molecule is CN=C(NCCCCCc1nc(-c2ccc(OC)cc2)no1)N(C)CCC1CCOCC1. The number of ether oxygens (including phenoxy) is 2. The highest BCUT2D eigenvalue weighted by atomic mass is 16.5. The lowest BCUT2D eigenvalue weighted by molar-refractivity contribution is 0.0625. The van der Waals surface area contributed by atoms with Crippen LogP contribution in [0.5, 0.6) is 5.75 Å². The molecular weight excluding hydrogens is 406 g/mol. The third-order valence-electron chi connectivity index (χ3n) is 5.95. The summed E-state index contributed by atoms with van der Waals surface area (Å²) in [7, 11) is 5.62. The lowest BCUT2D eigenvalue weighted by Gasteiger charge is -2.26. The Morgan fingerprint density at radius 1 is 1.19 bits per heavy atom. The van der Waals surface area contributed by atoms with E-state index in [4.69, 9.17) is 14.0 Å². The van der Waals surface area contributed by atoms with Crippen LogP contribution in [0, 0.1) is 5.92 Å². The van der Waals surface area contributed by atoms with Gasteiger partial charge in [0.1, 0.15) is 5.75 Å². The monoisotopic (exact) mass is 443 g/mol. The number of aliphatic imine (C=N–C) groups is 1. The Bertz CT molecular complexity index is 815. The zero-order valence-corrected chi connectivity index (χ0v) is 19.7. The summed E-state index contributed by atoms with van der Waals surface area (Å²) in [5, 5.41) is 7.57. The van der Waals surface area contributed by atoms with Crippen molar-refractivity contribution >= 4 is 5.96 Å². The van der Waals surface area contributed by atoms with Gasteiger partial charge in [-0.2, -0.15) is 4.98 Å². The Morgan fingerprint density at radius 2 is 1.97 bits per heavy atom. The quantitative estimate of drug-likeness (QED) is 0.321. The summed E-state index contributed by atoms with van der Waals surface area (Å²) in [5.74, 6) is 3.87. The van der Waals surface area contributed by atoms with Gasteiger partial charge in [0.25, 0.3) is 0 Å². The maximum atomic E-state index is 5.45. The maximum Gasteiger partial charge on any atom is 0.226 e. The molecule has 1 aliphatic rings. The molecule has 2 heterocycles.